The second-order valence-electron chi connectivity index (χ2n) is 4.80. The first-order valence-corrected chi connectivity index (χ1v) is 8.35. The topological polar surface area (TPSA) is 46.0 Å². The van der Waals surface area contributed by atoms with E-state index >= 15 is 0 Å². The first-order valence-electron chi connectivity index (χ1n) is 6.60. The summed E-state index contributed by atoms with van der Waals surface area (Å²) >= 11 is 13.6. The molecule has 1 N–H and O–H groups in total. The molecular formula is C15H10Cl2N4S. The van der Waals surface area contributed by atoms with Crippen molar-refractivity contribution in [3.63, 3.8) is 0 Å². The molecule has 0 fully saturated rings. The predicted octanol–water partition coefficient (Wildman–Crippen LogP) is 4.81. The number of thioether (sulfide) groups is 1. The molecule has 4 rings (SSSR count). The number of benzene rings is 2. The average Bonchev–Trinajstić information content (AvgIpc) is 3.07. The molecule has 2 aromatic carbocycles. The van der Waals surface area contributed by atoms with Gasteiger partial charge in [-0.15, -0.1) is 5.10 Å². The number of para-hydroxylation sites is 2. The van der Waals surface area contributed by atoms with Gasteiger partial charge in [-0.3, -0.25) is 4.40 Å². The van der Waals surface area contributed by atoms with Crippen LogP contribution in [0.25, 0.3) is 16.8 Å². The summed E-state index contributed by atoms with van der Waals surface area (Å²) in [6, 6.07) is 13.7. The molecule has 110 valence electrons. The van der Waals surface area contributed by atoms with Gasteiger partial charge in [0.05, 0.1) is 21.1 Å². The highest BCUT2D eigenvalue weighted by Crippen LogP contribution is 2.28. The molecule has 4 aromatic rings. The lowest BCUT2D eigenvalue weighted by Gasteiger charge is -2.02. The molecule has 2 heterocycles. The normalized spacial score (nSPS) is 11.5. The minimum absolute atomic E-state index is 0.568. The zero-order chi connectivity index (χ0) is 15.1. The van der Waals surface area contributed by atoms with Gasteiger partial charge in [-0.2, -0.15) is 0 Å². The zero-order valence-corrected chi connectivity index (χ0v) is 13.6. The number of fused-ring (bicyclic) bond motifs is 3. The standard InChI is InChI=1S/C15H10Cl2N4S/c16-10-6-5-9(7-11(10)17)8-22-15-20-19-14-18-12-3-1-2-4-13(12)21(14)15/h1-7H,8H2,(H,18,19). The highest BCUT2D eigenvalue weighted by atomic mass is 35.5. The van der Waals surface area contributed by atoms with E-state index in [-0.39, 0.29) is 0 Å². The summed E-state index contributed by atoms with van der Waals surface area (Å²) in [7, 11) is 0. The monoisotopic (exact) mass is 348 g/mol. The number of aromatic amines is 1. The summed E-state index contributed by atoms with van der Waals surface area (Å²) in [5.74, 6) is 1.50. The minimum Gasteiger partial charge on any atom is -0.254 e. The first kappa shape index (κ1) is 13.9. The fourth-order valence-electron chi connectivity index (χ4n) is 2.32. The van der Waals surface area contributed by atoms with Crippen LogP contribution in [-0.2, 0) is 5.75 Å². The second-order valence-corrected chi connectivity index (χ2v) is 6.56. The van der Waals surface area contributed by atoms with Crippen molar-refractivity contribution in [3.8, 4) is 0 Å². The molecule has 0 aliphatic rings. The molecule has 0 saturated carbocycles. The SMILES string of the molecule is Clc1ccc(CSc2n[nH]c3nc4ccccc4n23)cc1Cl. The molecule has 0 bridgehead atoms. The van der Waals surface area contributed by atoms with Gasteiger partial charge in [-0.1, -0.05) is 53.2 Å². The van der Waals surface area contributed by atoms with Gasteiger partial charge in [0, 0.05) is 5.75 Å². The van der Waals surface area contributed by atoms with Crippen molar-refractivity contribution in [1.82, 2.24) is 19.6 Å². The van der Waals surface area contributed by atoms with Gasteiger partial charge < -0.3 is 0 Å². The lowest BCUT2D eigenvalue weighted by Crippen LogP contribution is -1.87. The highest BCUT2D eigenvalue weighted by Gasteiger charge is 2.12. The average molecular weight is 349 g/mol. The van der Waals surface area contributed by atoms with Crippen LogP contribution in [0.1, 0.15) is 5.56 Å². The van der Waals surface area contributed by atoms with Crippen molar-refractivity contribution in [1.29, 1.82) is 0 Å². The summed E-state index contributed by atoms with van der Waals surface area (Å²) in [4.78, 5) is 4.51. The Bertz CT molecular complexity index is 976. The van der Waals surface area contributed by atoms with Gasteiger partial charge in [0.1, 0.15) is 0 Å². The van der Waals surface area contributed by atoms with Crippen molar-refractivity contribution in [3.05, 3.63) is 58.1 Å². The fourth-order valence-corrected chi connectivity index (χ4v) is 3.54. The Morgan fingerprint density at radius 2 is 1.95 bits per heavy atom. The Balaban J connectivity index is 1.68. The van der Waals surface area contributed by atoms with Gasteiger partial charge in [-0.25, -0.2) is 10.1 Å². The number of nitrogens with zero attached hydrogens (tertiary/aromatic N) is 3. The summed E-state index contributed by atoms with van der Waals surface area (Å²) in [5, 5.41) is 9.32. The molecule has 22 heavy (non-hydrogen) atoms. The molecule has 0 radical (unpaired) electrons. The molecule has 4 nitrogen and oxygen atoms in total. The molecule has 0 unspecified atom stereocenters. The Hall–Kier alpha value is -1.69. The van der Waals surface area contributed by atoms with Crippen LogP contribution in [0.15, 0.2) is 47.6 Å². The maximum absolute atomic E-state index is 6.05. The Morgan fingerprint density at radius 3 is 2.82 bits per heavy atom. The van der Waals surface area contributed by atoms with Gasteiger partial charge in [0.25, 0.3) is 0 Å². The molecule has 0 aliphatic carbocycles. The Labute approximate surface area is 140 Å². The van der Waals surface area contributed by atoms with E-state index in [4.69, 9.17) is 23.2 Å². The van der Waals surface area contributed by atoms with Gasteiger partial charge in [0.15, 0.2) is 5.16 Å². The predicted molar refractivity (Wildman–Crippen MR) is 90.9 cm³/mol. The number of imidazole rings is 1. The van der Waals surface area contributed by atoms with Crippen LogP contribution in [0.3, 0.4) is 0 Å². The minimum atomic E-state index is 0.568. The molecule has 2 aromatic heterocycles. The Morgan fingerprint density at radius 1 is 1.09 bits per heavy atom. The third kappa shape index (κ3) is 2.35. The largest absolute Gasteiger partial charge is 0.254 e. The molecule has 0 saturated heterocycles. The van der Waals surface area contributed by atoms with E-state index in [1.54, 1.807) is 11.8 Å². The quantitative estimate of drug-likeness (QED) is 0.540. The van der Waals surface area contributed by atoms with E-state index < -0.39 is 0 Å². The third-order valence-corrected chi connectivity index (χ3v) is 5.10. The number of rotatable bonds is 3. The molecule has 7 heteroatoms. The summed E-state index contributed by atoms with van der Waals surface area (Å²) in [5.41, 5.74) is 3.09. The maximum atomic E-state index is 6.05. The van der Waals surface area contributed by atoms with Crippen LogP contribution in [0.2, 0.25) is 10.0 Å². The van der Waals surface area contributed by atoms with Gasteiger partial charge >= 0.3 is 0 Å². The summed E-state index contributed by atoms with van der Waals surface area (Å²) < 4.78 is 2.03. The lowest BCUT2D eigenvalue weighted by atomic mass is 10.2. The van der Waals surface area contributed by atoms with Crippen LogP contribution < -0.4 is 0 Å². The van der Waals surface area contributed by atoms with Crippen molar-refractivity contribution in [2.45, 2.75) is 10.9 Å². The van der Waals surface area contributed by atoms with E-state index in [9.17, 15) is 0 Å². The van der Waals surface area contributed by atoms with Crippen LogP contribution in [0.4, 0.5) is 0 Å². The van der Waals surface area contributed by atoms with Gasteiger partial charge in [-0.05, 0) is 29.8 Å². The smallest absolute Gasteiger partial charge is 0.231 e. The van der Waals surface area contributed by atoms with Crippen LogP contribution in [-0.4, -0.2) is 19.6 Å². The Kier molecular flexibility index (Phi) is 3.48. The van der Waals surface area contributed by atoms with Crippen LogP contribution in [0, 0.1) is 0 Å². The first-order chi connectivity index (χ1) is 10.7. The zero-order valence-electron chi connectivity index (χ0n) is 11.3. The number of hydrogen-bond donors (Lipinski definition) is 1. The van der Waals surface area contributed by atoms with Crippen molar-refractivity contribution < 1.29 is 0 Å². The molecule has 0 atom stereocenters. The molecule has 0 amide bonds. The number of aromatic nitrogens is 4. The summed E-state index contributed by atoms with van der Waals surface area (Å²) in [6.45, 7) is 0. The molecular weight excluding hydrogens is 339 g/mol. The molecule has 0 spiro atoms. The third-order valence-electron chi connectivity index (χ3n) is 3.36. The van der Waals surface area contributed by atoms with Crippen LogP contribution >= 0.6 is 35.0 Å². The molecule has 0 aliphatic heterocycles. The maximum Gasteiger partial charge on any atom is 0.231 e. The van der Waals surface area contributed by atoms with Gasteiger partial charge in [0.2, 0.25) is 5.78 Å². The van der Waals surface area contributed by atoms with E-state index in [2.05, 4.69) is 15.2 Å². The van der Waals surface area contributed by atoms with Crippen molar-refractivity contribution >= 4 is 51.8 Å². The van der Waals surface area contributed by atoms with Crippen molar-refractivity contribution in [2.75, 3.05) is 0 Å². The van der Waals surface area contributed by atoms with E-state index in [0.29, 0.717) is 10.0 Å². The summed E-state index contributed by atoms with van der Waals surface area (Å²) in [6.07, 6.45) is 0. The number of hydrogen-bond acceptors (Lipinski definition) is 3. The fraction of sp³-hybridized carbons (Fsp3) is 0.0667. The van der Waals surface area contributed by atoms with Crippen molar-refractivity contribution in [2.24, 2.45) is 0 Å². The number of halogens is 2. The van der Waals surface area contributed by atoms with E-state index in [1.807, 2.05) is 46.9 Å². The number of nitrogens with one attached hydrogen (secondary N) is 1. The highest BCUT2D eigenvalue weighted by molar-refractivity contribution is 7.98. The van der Waals surface area contributed by atoms with Crippen LogP contribution in [0.5, 0.6) is 0 Å². The van der Waals surface area contributed by atoms with E-state index in [0.717, 1.165) is 33.3 Å². The second kappa shape index (κ2) is 5.50. The lowest BCUT2D eigenvalue weighted by molar-refractivity contribution is 0.940. The van der Waals surface area contributed by atoms with E-state index in [1.165, 1.54) is 0 Å². The number of H-pyrrole nitrogens is 1.